The van der Waals surface area contributed by atoms with Crippen molar-refractivity contribution in [1.82, 2.24) is 15.0 Å². The molecule has 0 saturated heterocycles. The third-order valence-corrected chi connectivity index (χ3v) is 2.60. The number of nitrogens with zero attached hydrogens (tertiary/aromatic N) is 5. The van der Waals surface area contributed by atoms with Crippen LogP contribution in [0.25, 0.3) is 0 Å². The van der Waals surface area contributed by atoms with Crippen LogP contribution in [0.4, 0.5) is 17.8 Å². The molecule has 0 spiro atoms. The SMILES string of the molecule is CCCNc1nc(N(C)C)nc(N(C)CC(C)(C)C)n1. The molecule has 6 nitrogen and oxygen atoms in total. The maximum Gasteiger partial charge on any atom is 0.231 e. The Morgan fingerprint density at radius 1 is 1.00 bits per heavy atom. The predicted octanol–water partition coefficient (Wildman–Crippen LogP) is 2.24. The van der Waals surface area contributed by atoms with Crippen molar-refractivity contribution in [2.24, 2.45) is 5.41 Å². The summed E-state index contributed by atoms with van der Waals surface area (Å²) in [5.74, 6) is 2.02. The largest absolute Gasteiger partial charge is 0.354 e. The third-order valence-electron chi connectivity index (χ3n) is 2.60. The van der Waals surface area contributed by atoms with Gasteiger partial charge in [0.05, 0.1) is 0 Å². The fourth-order valence-corrected chi connectivity index (χ4v) is 1.82. The van der Waals surface area contributed by atoms with Gasteiger partial charge in [0.15, 0.2) is 0 Å². The van der Waals surface area contributed by atoms with Gasteiger partial charge in [0.25, 0.3) is 0 Å². The summed E-state index contributed by atoms with van der Waals surface area (Å²) < 4.78 is 0. The summed E-state index contributed by atoms with van der Waals surface area (Å²) in [6.07, 6.45) is 1.04. The lowest BCUT2D eigenvalue weighted by Gasteiger charge is -2.27. The maximum atomic E-state index is 4.51. The number of nitrogens with one attached hydrogen (secondary N) is 1. The van der Waals surface area contributed by atoms with Gasteiger partial charge in [-0.2, -0.15) is 15.0 Å². The Morgan fingerprint density at radius 2 is 1.60 bits per heavy atom. The van der Waals surface area contributed by atoms with Crippen molar-refractivity contribution in [3.8, 4) is 0 Å². The molecule has 1 aromatic rings. The molecule has 0 aliphatic heterocycles. The normalized spacial score (nSPS) is 11.3. The molecule has 0 aromatic carbocycles. The van der Waals surface area contributed by atoms with Gasteiger partial charge in [0.1, 0.15) is 0 Å². The lowest BCUT2D eigenvalue weighted by molar-refractivity contribution is 0.416. The first-order valence-corrected chi connectivity index (χ1v) is 7.11. The summed E-state index contributed by atoms with van der Waals surface area (Å²) in [6.45, 7) is 10.5. The summed E-state index contributed by atoms with van der Waals surface area (Å²) in [4.78, 5) is 17.4. The molecule has 0 unspecified atom stereocenters. The fraction of sp³-hybridized carbons (Fsp3) is 0.786. The van der Waals surface area contributed by atoms with Crippen molar-refractivity contribution in [3.63, 3.8) is 0 Å². The van der Waals surface area contributed by atoms with E-state index in [1.165, 1.54) is 0 Å². The molecule has 0 aliphatic carbocycles. The molecule has 1 N–H and O–H groups in total. The van der Waals surface area contributed by atoms with Crippen LogP contribution in [-0.2, 0) is 0 Å². The Kier molecular flexibility index (Phi) is 5.53. The minimum Gasteiger partial charge on any atom is -0.354 e. The second kappa shape index (κ2) is 6.72. The van der Waals surface area contributed by atoms with Crippen molar-refractivity contribution in [2.45, 2.75) is 34.1 Å². The van der Waals surface area contributed by atoms with E-state index in [-0.39, 0.29) is 5.41 Å². The van der Waals surface area contributed by atoms with Gasteiger partial charge in [-0.3, -0.25) is 0 Å². The molecular weight excluding hydrogens is 252 g/mol. The first-order chi connectivity index (χ1) is 9.23. The number of hydrogen-bond acceptors (Lipinski definition) is 6. The highest BCUT2D eigenvalue weighted by Crippen LogP contribution is 2.19. The topological polar surface area (TPSA) is 57.2 Å². The number of anilines is 3. The lowest BCUT2D eigenvalue weighted by Crippen LogP contribution is -2.31. The van der Waals surface area contributed by atoms with E-state index in [9.17, 15) is 0 Å². The molecule has 114 valence electrons. The molecular formula is C14H28N6. The van der Waals surface area contributed by atoms with Gasteiger partial charge >= 0.3 is 0 Å². The van der Waals surface area contributed by atoms with Crippen molar-refractivity contribution in [3.05, 3.63) is 0 Å². The molecule has 0 fully saturated rings. The highest BCUT2D eigenvalue weighted by Gasteiger charge is 2.17. The molecule has 6 heteroatoms. The van der Waals surface area contributed by atoms with E-state index in [0.717, 1.165) is 19.5 Å². The van der Waals surface area contributed by atoms with Crippen LogP contribution in [0.2, 0.25) is 0 Å². The Bertz CT molecular complexity index is 424. The van der Waals surface area contributed by atoms with E-state index in [1.54, 1.807) is 0 Å². The van der Waals surface area contributed by atoms with Crippen LogP contribution < -0.4 is 15.1 Å². The molecule has 0 atom stereocenters. The molecule has 0 saturated carbocycles. The van der Waals surface area contributed by atoms with E-state index >= 15 is 0 Å². The molecule has 0 radical (unpaired) electrons. The van der Waals surface area contributed by atoms with E-state index < -0.39 is 0 Å². The standard InChI is InChI=1S/C14H28N6/c1-8-9-15-11-16-12(19(5)6)18-13(17-11)20(7)10-14(2,3)4/h8-10H2,1-7H3,(H,15,16,17,18). The Labute approximate surface area is 122 Å². The number of hydrogen-bond donors (Lipinski definition) is 1. The zero-order chi connectivity index (χ0) is 15.3. The zero-order valence-corrected chi connectivity index (χ0v) is 13.9. The smallest absolute Gasteiger partial charge is 0.231 e. The van der Waals surface area contributed by atoms with Crippen molar-refractivity contribution < 1.29 is 0 Å². The molecule has 1 rings (SSSR count). The van der Waals surface area contributed by atoms with Crippen LogP contribution in [0.3, 0.4) is 0 Å². The molecule has 1 heterocycles. The Hall–Kier alpha value is -1.59. The minimum absolute atomic E-state index is 0.191. The minimum atomic E-state index is 0.191. The van der Waals surface area contributed by atoms with Crippen LogP contribution in [0.1, 0.15) is 34.1 Å². The van der Waals surface area contributed by atoms with E-state index in [1.807, 2.05) is 26.0 Å². The van der Waals surface area contributed by atoms with Crippen molar-refractivity contribution in [2.75, 3.05) is 49.3 Å². The fourth-order valence-electron chi connectivity index (χ4n) is 1.82. The average molecular weight is 280 g/mol. The summed E-state index contributed by atoms with van der Waals surface area (Å²) in [7, 11) is 5.89. The first kappa shape index (κ1) is 16.5. The van der Waals surface area contributed by atoms with Gasteiger partial charge in [-0.25, -0.2) is 0 Å². The van der Waals surface area contributed by atoms with Gasteiger partial charge in [0.2, 0.25) is 17.8 Å². The van der Waals surface area contributed by atoms with Gasteiger partial charge in [-0.15, -0.1) is 0 Å². The summed E-state index contributed by atoms with van der Waals surface area (Å²) in [5.41, 5.74) is 0.191. The average Bonchev–Trinajstić information content (AvgIpc) is 2.33. The number of aromatic nitrogens is 3. The molecule has 20 heavy (non-hydrogen) atoms. The maximum absolute atomic E-state index is 4.51. The summed E-state index contributed by atoms with van der Waals surface area (Å²) >= 11 is 0. The van der Waals surface area contributed by atoms with Crippen molar-refractivity contribution >= 4 is 17.8 Å². The van der Waals surface area contributed by atoms with Crippen LogP contribution in [0.5, 0.6) is 0 Å². The second-order valence-electron chi connectivity index (χ2n) is 6.50. The second-order valence-corrected chi connectivity index (χ2v) is 6.50. The quantitative estimate of drug-likeness (QED) is 0.862. The van der Waals surface area contributed by atoms with Crippen LogP contribution >= 0.6 is 0 Å². The van der Waals surface area contributed by atoms with Crippen LogP contribution in [-0.4, -0.2) is 49.2 Å². The molecule has 0 aliphatic rings. The zero-order valence-electron chi connectivity index (χ0n) is 13.9. The van der Waals surface area contributed by atoms with Crippen molar-refractivity contribution in [1.29, 1.82) is 0 Å². The molecule has 0 bridgehead atoms. The van der Waals surface area contributed by atoms with Crippen LogP contribution in [0, 0.1) is 5.41 Å². The Morgan fingerprint density at radius 3 is 2.10 bits per heavy atom. The van der Waals surface area contributed by atoms with E-state index in [2.05, 4.69) is 52.9 Å². The van der Waals surface area contributed by atoms with Crippen LogP contribution in [0.15, 0.2) is 0 Å². The van der Waals surface area contributed by atoms with Gasteiger partial charge < -0.3 is 15.1 Å². The highest BCUT2D eigenvalue weighted by atomic mass is 15.3. The summed E-state index contributed by atoms with van der Waals surface area (Å²) in [6, 6.07) is 0. The monoisotopic (exact) mass is 280 g/mol. The van der Waals surface area contributed by atoms with Gasteiger partial charge in [0, 0.05) is 34.2 Å². The summed E-state index contributed by atoms with van der Waals surface area (Å²) in [5, 5.41) is 3.23. The highest BCUT2D eigenvalue weighted by molar-refractivity contribution is 5.44. The molecule has 1 aromatic heterocycles. The lowest BCUT2D eigenvalue weighted by atomic mass is 9.96. The van der Waals surface area contributed by atoms with Gasteiger partial charge in [-0.1, -0.05) is 27.7 Å². The first-order valence-electron chi connectivity index (χ1n) is 7.11. The molecule has 0 amide bonds. The van der Waals surface area contributed by atoms with E-state index in [0.29, 0.717) is 17.8 Å². The van der Waals surface area contributed by atoms with Gasteiger partial charge in [-0.05, 0) is 11.8 Å². The number of rotatable bonds is 6. The van der Waals surface area contributed by atoms with E-state index in [4.69, 9.17) is 0 Å². The Balaban J connectivity index is 3.01. The third kappa shape index (κ3) is 5.19. The predicted molar refractivity (Wildman–Crippen MR) is 85.7 cm³/mol.